The molecule has 2 rings (SSSR count). The molecule has 2 atom stereocenters. The third-order valence-electron chi connectivity index (χ3n) is 4.38. The van der Waals surface area contributed by atoms with Crippen LogP contribution in [-0.4, -0.2) is 35.7 Å². The lowest BCUT2D eigenvalue weighted by molar-refractivity contribution is 0.0692. The maximum absolute atomic E-state index is 11.2. The predicted molar refractivity (Wildman–Crippen MR) is 78.2 cm³/mol. The molecule has 1 aliphatic heterocycles. The van der Waals surface area contributed by atoms with Gasteiger partial charge in [0.1, 0.15) is 11.3 Å². The fourth-order valence-electron chi connectivity index (χ4n) is 2.90. The van der Waals surface area contributed by atoms with Crippen molar-refractivity contribution in [2.45, 2.75) is 39.3 Å². The molecule has 1 aliphatic rings. The number of likely N-dealkylation sites (tertiary alicyclic amines) is 1. The summed E-state index contributed by atoms with van der Waals surface area (Å²) in [4.78, 5) is 13.7. The van der Waals surface area contributed by atoms with Gasteiger partial charge in [-0.25, -0.2) is 4.79 Å². The van der Waals surface area contributed by atoms with Crippen molar-refractivity contribution in [3.05, 3.63) is 29.3 Å². The van der Waals surface area contributed by atoms with Gasteiger partial charge in [-0.3, -0.25) is 4.90 Å². The summed E-state index contributed by atoms with van der Waals surface area (Å²) in [6, 6.07) is 5.97. The van der Waals surface area contributed by atoms with Crippen molar-refractivity contribution in [3.63, 3.8) is 0 Å². The molecule has 1 saturated heterocycles. The second-order valence-corrected chi connectivity index (χ2v) is 5.67. The maximum Gasteiger partial charge on any atom is 0.339 e. The standard InChI is InChI=1S/C16H23NO3/c1-11-5-4-8-17(12(11)2)10-13-6-7-15(20-3)14(9-13)16(18)19/h6-7,9,11-12H,4-5,8,10H2,1-3H3,(H,18,19). The van der Waals surface area contributed by atoms with Crippen LogP contribution in [0.1, 0.15) is 42.6 Å². The molecule has 0 aromatic heterocycles. The van der Waals surface area contributed by atoms with E-state index in [1.54, 1.807) is 12.1 Å². The molecule has 1 aromatic rings. The summed E-state index contributed by atoms with van der Waals surface area (Å²) in [5, 5.41) is 9.23. The first kappa shape index (κ1) is 14.9. The van der Waals surface area contributed by atoms with E-state index in [4.69, 9.17) is 4.74 Å². The Hall–Kier alpha value is -1.55. The van der Waals surface area contributed by atoms with Gasteiger partial charge in [0.2, 0.25) is 0 Å². The van der Waals surface area contributed by atoms with Crippen molar-refractivity contribution in [1.29, 1.82) is 0 Å². The number of nitrogens with zero attached hydrogens (tertiary/aromatic N) is 1. The number of aromatic carboxylic acids is 1. The molecule has 2 unspecified atom stereocenters. The van der Waals surface area contributed by atoms with Crippen LogP contribution in [0.3, 0.4) is 0 Å². The molecule has 1 heterocycles. The largest absolute Gasteiger partial charge is 0.496 e. The van der Waals surface area contributed by atoms with E-state index in [0.717, 1.165) is 18.7 Å². The van der Waals surface area contributed by atoms with Gasteiger partial charge in [-0.1, -0.05) is 13.0 Å². The Labute approximate surface area is 120 Å². The molecule has 20 heavy (non-hydrogen) atoms. The van der Waals surface area contributed by atoms with Crippen LogP contribution >= 0.6 is 0 Å². The molecule has 4 nitrogen and oxygen atoms in total. The number of ether oxygens (including phenoxy) is 1. The van der Waals surface area contributed by atoms with Crippen LogP contribution in [0, 0.1) is 5.92 Å². The summed E-state index contributed by atoms with van der Waals surface area (Å²) < 4.78 is 5.10. The van der Waals surface area contributed by atoms with Gasteiger partial charge in [0, 0.05) is 12.6 Å². The third-order valence-corrected chi connectivity index (χ3v) is 4.38. The van der Waals surface area contributed by atoms with Crippen molar-refractivity contribution in [3.8, 4) is 5.75 Å². The molecule has 0 amide bonds. The molecule has 0 bridgehead atoms. The number of rotatable bonds is 4. The lowest BCUT2D eigenvalue weighted by Gasteiger charge is -2.38. The number of carboxylic acids is 1. The van der Waals surface area contributed by atoms with E-state index in [1.807, 2.05) is 6.07 Å². The molecule has 1 fully saturated rings. The lowest BCUT2D eigenvalue weighted by atomic mass is 9.91. The van der Waals surface area contributed by atoms with Crippen LogP contribution in [0.2, 0.25) is 0 Å². The first-order valence-electron chi connectivity index (χ1n) is 7.17. The first-order chi connectivity index (χ1) is 9.52. The van der Waals surface area contributed by atoms with E-state index in [9.17, 15) is 9.90 Å². The second-order valence-electron chi connectivity index (χ2n) is 5.67. The van der Waals surface area contributed by atoms with Gasteiger partial charge < -0.3 is 9.84 Å². The number of piperidine rings is 1. The summed E-state index contributed by atoms with van der Waals surface area (Å²) in [7, 11) is 1.50. The molecular weight excluding hydrogens is 254 g/mol. The second kappa shape index (κ2) is 6.27. The van der Waals surface area contributed by atoms with Gasteiger partial charge in [0.15, 0.2) is 0 Å². The Kier molecular flexibility index (Phi) is 4.65. The third kappa shape index (κ3) is 3.12. The van der Waals surface area contributed by atoms with Crippen molar-refractivity contribution >= 4 is 5.97 Å². The predicted octanol–water partition coefficient (Wildman–Crippen LogP) is 3.01. The zero-order chi connectivity index (χ0) is 14.7. The van der Waals surface area contributed by atoms with Crippen LogP contribution in [0.4, 0.5) is 0 Å². The topological polar surface area (TPSA) is 49.8 Å². The van der Waals surface area contributed by atoms with Crippen LogP contribution in [0.5, 0.6) is 5.75 Å². The molecule has 110 valence electrons. The van der Waals surface area contributed by atoms with Gasteiger partial charge in [-0.2, -0.15) is 0 Å². The minimum Gasteiger partial charge on any atom is -0.496 e. The summed E-state index contributed by atoms with van der Waals surface area (Å²) in [6.07, 6.45) is 2.49. The maximum atomic E-state index is 11.2. The van der Waals surface area contributed by atoms with Crippen molar-refractivity contribution in [2.75, 3.05) is 13.7 Å². The minimum absolute atomic E-state index is 0.239. The van der Waals surface area contributed by atoms with Crippen LogP contribution in [0.25, 0.3) is 0 Å². The zero-order valence-electron chi connectivity index (χ0n) is 12.4. The molecule has 1 aromatic carbocycles. The van der Waals surface area contributed by atoms with E-state index in [-0.39, 0.29) is 5.56 Å². The Balaban J connectivity index is 2.17. The molecule has 0 saturated carbocycles. The number of carbonyl (C=O) groups is 1. The summed E-state index contributed by atoms with van der Waals surface area (Å²) in [5.41, 5.74) is 1.27. The molecule has 0 spiro atoms. The molecular formula is C16H23NO3. The molecule has 1 N–H and O–H groups in total. The van der Waals surface area contributed by atoms with Gasteiger partial charge >= 0.3 is 5.97 Å². The van der Waals surface area contributed by atoms with Crippen molar-refractivity contribution < 1.29 is 14.6 Å². The van der Waals surface area contributed by atoms with Gasteiger partial charge in [0.05, 0.1) is 7.11 Å². The quantitative estimate of drug-likeness (QED) is 0.919. The Morgan fingerprint density at radius 2 is 2.20 bits per heavy atom. The highest BCUT2D eigenvalue weighted by Crippen LogP contribution is 2.26. The van der Waals surface area contributed by atoms with Crippen LogP contribution < -0.4 is 4.74 Å². The first-order valence-corrected chi connectivity index (χ1v) is 7.17. The van der Waals surface area contributed by atoms with Crippen LogP contribution in [0.15, 0.2) is 18.2 Å². The summed E-state index contributed by atoms with van der Waals surface area (Å²) >= 11 is 0. The smallest absolute Gasteiger partial charge is 0.339 e. The summed E-state index contributed by atoms with van der Waals surface area (Å²) in [5.74, 6) is 0.172. The van der Waals surface area contributed by atoms with E-state index in [0.29, 0.717) is 17.7 Å². The molecule has 4 heteroatoms. The van der Waals surface area contributed by atoms with E-state index >= 15 is 0 Å². The number of hydrogen-bond acceptors (Lipinski definition) is 3. The fraction of sp³-hybridized carbons (Fsp3) is 0.562. The number of benzene rings is 1. The molecule has 0 aliphatic carbocycles. The molecule has 0 radical (unpaired) electrons. The fourth-order valence-corrected chi connectivity index (χ4v) is 2.90. The SMILES string of the molecule is COc1ccc(CN2CCCC(C)C2C)cc1C(=O)O. The normalized spacial score (nSPS) is 23.6. The number of carboxylic acid groups (broad SMARTS) is 1. The van der Waals surface area contributed by atoms with E-state index < -0.39 is 5.97 Å². The van der Waals surface area contributed by atoms with Gasteiger partial charge in [-0.15, -0.1) is 0 Å². The van der Waals surface area contributed by atoms with Gasteiger partial charge in [-0.05, 0) is 49.9 Å². The highest BCUT2D eigenvalue weighted by molar-refractivity contribution is 5.91. The summed E-state index contributed by atoms with van der Waals surface area (Å²) in [6.45, 7) is 6.43. The van der Waals surface area contributed by atoms with E-state index in [2.05, 4.69) is 18.7 Å². The van der Waals surface area contributed by atoms with Crippen molar-refractivity contribution in [2.24, 2.45) is 5.92 Å². The zero-order valence-corrected chi connectivity index (χ0v) is 12.4. The highest BCUT2D eigenvalue weighted by atomic mass is 16.5. The average Bonchev–Trinajstić information content (AvgIpc) is 2.43. The lowest BCUT2D eigenvalue weighted by Crippen LogP contribution is -2.41. The average molecular weight is 277 g/mol. The van der Waals surface area contributed by atoms with E-state index in [1.165, 1.54) is 20.0 Å². The monoisotopic (exact) mass is 277 g/mol. The van der Waals surface area contributed by atoms with Gasteiger partial charge in [0.25, 0.3) is 0 Å². The minimum atomic E-state index is -0.941. The van der Waals surface area contributed by atoms with Crippen molar-refractivity contribution in [1.82, 2.24) is 4.90 Å². The highest BCUT2D eigenvalue weighted by Gasteiger charge is 2.24. The number of methoxy groups -OCH3 is 1. The Morgan fingerprint density at radius 1 is 1.45 bits per heavy atom. The Morgan fingerprint density at radius 3 is 2.85 bits per heavy atom. The van der Waals surface area contributed by atoms with Crippen LogP contribution in [-0.2, 0) is 6.54 Å². The Bertz CT molecular complexity index is 487. The number of hydrogen-bond donors (Lipinski definition) is 1.